The molecule has 2 fully saturated rings. The minimum Gasteiger partial charge on any atom is -0.374 e. The Labute approximate surface area is 119 Å². The van der Waals surface area contributed by atoms with Crippen LogP contribution in [0.1, 0.15) is 71.6 Å². The zero-order valence-electron chi connectivity index (χ0n) is 13.0. The Kier molecular flexibility index (Phi) is 6.15. The summed E-state index contributed by atoms with van der Waals surface area (Å²) < 4.78 is 6.40. The Bertz CT molecular complexity index is 236. The summed E-state index contributed by atoms with van der Waals surface area (Å²) >= 11 is 0. The SMILES string of the molecule is CCCNCC1(OCCC2CC2)CCC(CC)CC1. The Hall–Kier alpha value is -0.0800. The van der Waals surface area contributed by atoms with Gasteiger partial charge >= 0.3 is 0 Å². The second-order valence-electron chi connectivity index (χ2n) is 6.79. The van der Waals surface area contributed by atoms with Gasteiger partial charge in [-0.05, 0) is 56.9 Å². The molecule has 2 aliphatic carbocycles. The predicted octanol–water partition coefficient (Wildman–Crippen LogP) is 4.14. The van der Waals surface area contributed by atoms with Crippen LogP contribution in [0.25, 0.3) is 0 Å². The van der Waals surface area contributed by atoms with Crippen molar-refractivity contribution in [2.75, 3.05) is 19.7 Å². The van der Waals surface area contributed by atoms with Crippen molar-refractivity contribution in [3.05, 3.63) is 0 Å². The largest absolute Gasteiger partial charge is 0.374 e. The van der Waals surface area contributed by atoms with Gasteiger partial charge in [-0.1, -0.05) is 33.1 Å². The van der Waals surface area contributed by atoms with Crippen molar-refractivity contribution in [3.8, 4) is 0 Å². The van der Waals surface area contributed by atoms with Gasteiger partial charge in [-0.3, -0.25) is 0 Å². The van der Waals surface area contributed by atoms with Gasteiger partial charge in [0.1, 0.15) is 0 Å². The van der Waals surface area contributed by atoms with Crippen LogP contribution in [0.3, 0.4) is 0 Å². The molecule has 0 unspecified atom stereocenters. The molecule has 2 heteroatoms. The molecule has 0 atom stereocenters. The van der Waals surface area contributed by atoms with E-state index >= 15 is 0 Å². The highest BCUT2D eigenvalue weighted by atomic mass is 16.5. The van der Waals surface area contributed by atoms with E-state index in [4.69, 9.17) is 4.74 Å². The topological polar surface area (TPSA) is 21.3 Å². The summed E-state index contributed by atoms with van der Waals surface area (Å²) in [6, 6.07) is 0. The molecule has 0 spiro atoms. The molecule has 0 aromatic rings. The van der Waals surface area contributed by atoms with Gasteiger partial charge in [0.25, 0.3) is 0 Å². The summed E-state index contributed by atoms with van der Waals surface area (Å²) in [6.07, 6.45) is 12.0. The zero-order chi connectivity index (χ0) is 13.6. The first-order chi connectivity index (χ1) is 9.28. The van der Waals surface area contributed by atoms with Crippen LogP contribution in [0, 0.1) is 11.8 Å². The van der Waals surface area contributed by atoms with E-state index in [1.165, 1.54) is 57.8 Å². The standard InChI is InChI=1S/C17H33NO/c1-3-12-18-14-17(19-13-9-16-5-6-16)10-7-15(4-2)8-11-17/h15-16,18H,3-14H2,1-2H3. The van der Waals surface area contributed by atoms with E-state index in [9.17, 15) is 0 Å². The maximum atomic E-state index is 6.40. The van der Waals surface area contributed by atoms with Gasteiger partial charge in [-0.2, -0.15) is 0 Å². The van der Waals surface area contributed by atoms with Gasteiger partial charge < -0.3 is 10.1 Å². The molecule has 0 aliphatic heterocycles. The lowest BCUT2D eigenvalue weighted by Crippen LogP contribution is -2.46. The first kappa shape index (κ1) is 15.3. The average molecular weight is 267 g/mol. The molecule has 0 radical (unpaired) electrons. The van der Waals surface area contributed by atoms with Crippen molar-refractivity contribution in [2.24, 2.45) is 11.8 Å². The molecule has 0 saturated heterocycles. The van der Waals surface area contributed by atoms with Crippen LogP contribution in [0.5, 0.6) is 0 Å². The number of rotatable bonds is 9. The fourth-order valence-electron chi connectivity index (χ4n) is 3.33. The van der Waals surface area contributed by atoms with E-state index in [-0.39, 0.29) is 5.60 Å². The van der Waals surface area contributed by atoms with Crippen LogP contribution in [0.15, 0.2) is 0 Å². The van der Waals surface area contributed by atoms with Gasteiger partial charge in [0.2, 0.25) is 0 Å². The molecule has 19 heavy (non-hydrogen) atoms. The molecule has 2 nitrogen and oxygen atoms in total. The van der Waals surface area contributed by atoms with Crippen molar-refractivity contribution in [3.63, 3.8) is 0 Å². The Morgan fingerprint density at radius 1 is 1.05 bits per heavy atom. The normalized spacial score (nSPS) is 31.6. The van der Waals surface area contributed by atoms with Gasteiger partial charge in [0, 0.05) is 13.2 Å². The molecular formula is C17H33NO. The summed E-state index contributed by atoms with van der Waals surface area (Å²) in [5, 5.41) is 3.61. The molecule has 0 bridgehead atoms. The third-order valence-corrected chi connectivity index (χ3v) is 5.10. The average Bonchev–Trinajstić information content (AvgIpc) is 3.24. The third kappa shape index (κ3) is 5.07. The quantitative estimate of drug-likeness (QED) is 0.634. The molecule has 2 rings (SSSR count). The number of hydrogen-bond acceptors (Lipinski definition) is 2. The minimum absolute atomic E-state index is 0.162. The highest BCUT2D eigenvalue weighted by Gasteiger charge is 2.35. The van der Waals surface area contributed by atoms with Gasteiger partial charge in [-0.15, -0.1) is 0 Å². The highest BCUT2D eigenvalue weighted by Crippen LogP contribution is 2.37. The summed E-state index contributed by atoms with van der Waals surface area (Å²) in [5.41, 5.74) is 0.162. The predicted molar refractivity (Wildman–Crippen MR) is 81.4 cm³/mol. The number of hydrogen-bond donors (Lipinski definition) is 1. The summed E-state index contributed by atoms with van der Waals surface area (Å²) in [4.78, 5) is 0. The maximum absolute atomic E-state index is 6.40. The lowest BCUT2D eigenvalue weighted by atomic mass is 9.77. The molecule has 2 aliphatic rings. The molecule has 0 amide bonds. The Morgan fingerprint density at radius 2 is 1.79 bits per heavy atom. The molecule has 0 aromatic heterocycles. The summed E-state index contributed by atoms with van der Waals surface area (Å²) in [5.74, 6) is 1.94. The van der Waals surface area contributed by atoms with E-state index in [1.807, 2.05) is 0 Å². The first-order valence-electron chi connectivity index (χ1n) is 8.62. The van der Waals surface area contributed by atoms with Crippen LogP contribution >= 0.6 is 0 Å². The zero-order valence-corrected chi connectivity index (χ0v) is 13.0. The second kappa shape index (κ2) is 7.64. The van der Waals surface area contributed by atoms with Crippen molar-refractivity contribution in [2.45, 2.75) is 77.2 Å². The van der Waals surface area contributed by atoms with E-state index in [0.717, 1.165) is 31.5 Å². The van der Waals surface area contributed by atoms with E-state index in [1.54, 1.807) is 0 Å². The smallest absolute Gasteiger partial charge is 0.0806 e. The lowest BCUT2D eigenvalue weighted by Gasteiger charge is -2.40. The first-order valence-corrected chi connectivity index (χ1v) is 8.62. The molecule has 1 N–H and O–H groups in total. The van der Waals surface area contributed by atoms with Gasteiger partial charge in [-0.25, -0.2) is 0 Å². The van der Waals surface area contributed by atoms with E-state index in [2.05, 4.69) is 19.2 Å². The summed E-state index contributed by atoms with van der Waals surface area (Å²) in [6.45, 7) is 7.77. The van der Waals surface area contributed by atoms with Gasteiger partial charge in [0.05, 0.1) is 5.60 Å². The van der Waals surface area contributed by atoms with Crippen LogP contribution in [-0.4, -0.2) is 25.3 Å². The molecule has 0 heterocycles. The number of ether oxygens (including phenoxy) is 1. The van der Waals surface area contributed by atoms with Crippen LogP contribution < -0.4 is 5.32 Å². The Balaban J connectivity index is 1.77. The van der Waals surface area contributed by atoms with Crippen molar-refractivity contribution in [1.29, 1.82) is 0 Å². The van der Waals surface area contributed by atoms with Crippen LogP contribution in [0.4, 0.5) is 0 Å². The molecule has 112 valence electrons. The maximum Gasteiger partial charge on any atom is 0.0806 e. The fourth-order valence-corrected chi connectivity index (χ4v) is 3.33. The molecule has 2 saturated carbocycles. The van der Waals surface area contributed by atoms with Crippen LogP contribution in [-0.2, 0) is 4.74 Å². The van der Waals surface area contributed by atoms with Crippen LogP contribution in [0.2, 0.25) is 0 Å². The highest BCUT2D eigenvalue weighted by molar-refractivity contribution is 4.89. The molecule has 0 aromatic carbocycles. The summed E-state index contributed by atoms with van der Waals surface area (Å²) in [7, 11) is 0. The minimum atomic E-state index is 0.162. The number of nitrogens with one attached hydrogen (secondary N) is 1. The lowest BCUT2D eigenvalue weighted by molar-refractivity contribution is -0.0782. The van der Waals surface area contributed by atoms with Crippen molar-refractivity contribution >= 4 is 0 Å². The third-order valence-electron chi connectivity index (χ3n) is 5.10. The van der Waals surface area contributed by atoms with E-state index < -0.39 is 0 Å². The fraction of sp³-hybridized carbons (Fsp3) is 1.00. The van der Waals surface area contributed by atoms with Crippen molar-refractivity contribution < 1.29 is 4.74 Å². The monoisotopic (exact) mass is 267 g/mol. The second-order valence-corrected chi connectivity index (χ2v) is 6.79. The molecular weight excluding hydrogens is 234 g/mol. The Morgan fingerprint density at radius 3 is 2.37 bits per heavy atom. The van der Waals surface area contributed by atoms with E-state index in [0.29, 0.717) is 0 Å². The van der Waals surface area contributed by atoms with Gasteiger partial charge in [0.15, 0.2) is 0 Å². The van der Waals surface area contributed by atoms with Crippen molar-refractivity contribution in [1.82, 2.24) is 5.32 Å².